The smallest absolute Gasteiger partial charge is 0.0728 e. The van der Waals surface area contributed by atoms with E-state index in [1.54, 1.807) is 6.08 Å². The first-order valence-corrected chi connectivity index (χ1v) is 18.9. The van der Waals surface area contributed by atoms with Crippen LogP contribution in [0.1, 0.15) is 31.0 Å². The molecule has 0 saturated carbocycles. The van der Waals surface area contributed by atoms with E-state index in [4.69, 9.17) is 4.99 Å². The maximum absolute atomic E-state index is 5.41. The third-order valence-corrected chi connectivity index (χ3v) is 10.6. The lowest BCUT2D eigenvalue weighted by molar-refractivity contribution is 0.823. The Labute approximate surface area is 324 Å². The minimum atomic E-state index is -0.118. The number of nitrogens with zero attached hydrogens (tertiary/aromatic N) is 1. The Bertz CT molecular complexity index is 2780. The molecular weight excluding hydrogens is 663 g/mol. The largest absolute Gasteiger partial charge is 0.277 e. The van der Waals surface area contributed by atoms with Crippen LogP contribution in [0.3, 0.4) is 0 Å². The Morgan fingerprint density at radius 3 is 1.78 bits per heavy atom. The quantitative estimate of drug-likeness (QED) is 0.0763. The van der Waals surface area contributed by atoms with Gasteiger partial charge < -0.3 is 0 Å². The predicted octanol–water partition coefficient (Wildman–Crippen LogP) is 14.9. The van der Waals surface area contributed by atoms with Crippen LogP contribution in [0.4, 0.5) is 0 Å². The molecule has 0 spiro atoms. The molecule has 0 bridgehead atoms. The average molecular weight is 706 g/mol. The lowest BCUT2D eigenvalue weighted by atomic mass is 9.83. The van der Waals surface area contributed by atoms with Gasteiger partial charge in [-0.05, 0) is 120 Å². The van der Waals surface area contributed by atoms with Crippen molar-refractivity contribution in [1.82, 2.24) is 0 Å². The van der Waals surface area contributed by atoms with E-state index in [9.17, 15) is 0 Å². The van der Waals surface area contributed by atoms with E-state index in [0.717, 1.165) is 28.0 Å². The van der Waals surface area contributed by atoms with Crippen LogP contribution in [0.25, 0.3) is 65.7 Å². The molecule has 1 atom stereocenters. The van der Waals surface area contributed by atoms with Gasteiger partial charge in [0.05, 0.1) is 11.8 Å². The summed E-state index contributed by atoms with van der Waals surface area (Å²) in [6.07, 6.45) is 7.81. The van der Waals surface area contributed by atoms with Crippen molar-refractivity contribution in [3.05, 3.63) is 230 Å². The molecule has 0 aromatic heterocycles. The average Bonchev–Trinajstić information content (AvgIpc) is 3.24. The highest BCUT2D eigenvalue weighted by Gasteiger charge is 2.20. The number of aliphatic imine (C=N–C) groups is 1. The zero-order valence-electron chi connectivity index (χ0n) is 31.4. The van der Waals surface area contributed by atoms with E-state index >= 15 is 0 Å². The molecule has 0 N–H and O–H groups in total. The summed E-state index contributed by atoms with van der Waals surface area (Å²) >= 11 is 0. The van der Waals surface area contributed by atoms with Gasteiger partial charge in [-0.25, -0.2) is 0 Å². The lowest BCUT2D eigenvalue weighted by Gasteiger charge is -2.20. The van der Waals surface area contributed by atoms with Crippen LogP contribution < -0.4 is 0 Å². The summed E-state index contributed by atoms with van der Waals surface area (Å²) < 4.78 is 0. The van der Waals surface area contributed by atoms with Crippen molar-refractivity contribution in [1.29, 1.82) is 0 Å². The summed E-state index contributed by atoms with van der Waals surface area (Å²) in [5.74, 6) is 0. The van der Waals surface area contributed by atoms with Gasteiger partial charge in [0.15, 0.2) is 0 Å². The van der Waals surface area contributed by atoms with Gasteiger partial charge in [0.1, 0.15) is 0 Å². The predicted molar refractivity (Wildman–Crippen MR) is 239 cm³/mol. The summed E-state index contributed by atoms with van der Waals surface area (Å²) in [5, 5.41) is 7.39. The van der Waals surface area contributed by atoms with Gasteiger partial charge in [-0.1, -0.05) is 189 Å². The number of benzene rings is 8. The lowest BCUT2D eigenvalue weighted by Crippen LogP contribution is -2.03. The second-order valence-electron chi connectivity index (χ2n) is 14.0. The van der Waals surface area contributed by atoms with E-state index in [1.807, 2.05) is 18.2 Å². The fraction of sp³-hybridized carbons (Fsp3) is 0.0556. The molecule has 0 radical (unpaired) electrons. The van der Waals surface area contributed by atoms with E-state index in [-0.39, 0.29) is 6.04 Å². The minimum Gasteiger partial charge on any atom is -0.277 e. The molecule has 0 aliphatic rings. The molecule has 1 nitrogen and oxygen atoms in total. The van der Waals surface area contributed by atoms with E-state index < -0.39 is 0 Å². The summed E-state index contributed by atoms with van der Waals surface area (Å²) in [4.78, 5) is 5.41. The SMILES string of the molecule is C=C/C=C(C=C)/C(C)=C/C(=NC(C)c1ccc2c(-c3ccccc3)c3cc(-c4cccc5ccccc45)ccc3c(-c3ccccc3)c2c1)c1ccccc1. The molecule has 55 heavy (non-hydrogen) atoms. The Hall–Kier alpha value is -6.83. The zero-order chi connectivity index (χ0) is 37.7. The number of hydrogen-bond donors (Lipinski definition) is 0. The van der Waals surface area contributed by atoms with Crippen molar-refractivity contribution in [2.45, 2.75) is 19.9 Å². The summed E-state index contributed by atoms with van der Waals surface area (Å²) in [6, 6.07) is 61.3. The molecule has 1 unspecified atom stereocenters. The fourth-order valence-corrected chi connectivity index (χ4v) is 7.85. The molecule has 0 aliphatic heterocycles. The van der Waals surface area contributed by atoms with Crippen molar-refractivity contribution >= 4 is 38.0 Å². The van der Waals surface area contributed by atoms with Crippen molar-refractivity contribution in [2.24, 2.45) is 4.99 Å². The molecule has 8 aromatic rings. The zero-order valence-corrected chi connectivity index (χ0v) is 31.4. The first kappa shape index (κ1) is 35.2. The maximum atomic E-state index is 5.41. The van der Waals surface area contributed by atoms with Crippen LogP contribution in [0.2, 0.25) is 0 Å². The molecule has 0 fully saturated rings. The molecular formula is C54H43N. The highest BCUT2D eigenvalue weighted by atomic mass is 14.8. The second kappa shape index (κ2) is 15.6. The Morgan fingerprint density at radius 1 is 0.545 bits per heavy atom. The molecule has 1 heteroatoms. The number of fused-ring (bicyclic) bond motifs is 3. The van der Waals surface area contributed by atoms with Crippen molar-refractivity contribution < 1.29 is 0 Å². The van der Waals surface area contributed by atoms with Crippen LogP contribution in [0, 0.1) is 0 Å². The Balaban J connectivity index is 1.39. The third kappa shape index (κ3) is 7.01. The van der Waals surface area contributed by atoms with Crippen molar-refractivity contribution in [3.8, 4) is 33.4 Å². The molecule has 0 amide bonds. The standard InChI is InChI=1S/C54H43N/c1-5-19-39(6-2)37(3)34-52(41-21-10-7-11-22-41)55-38(4)44-30-32-48-50(35-44)53(42-23-12-8-13-24-42)49-33-31-45(36-51(49)54(48)43-25-14-9-15-26-43)47-29-18-27-40-20-16-17-28-46(40)47/h5-36,38H,1-2H2,3-4H3/b37-34+,39-19+,55-52?. The van der Waals surface area contributed by atoms with Crippen LogP contribution in [-0.4, -0.2) is 5.71 Å². The van der Waals surface area contributed by atoms with Crippen LogP contribution in [0.15, 0.2) is 223 Å². The van der Waals surface area contributed by atoms with E-state index in [0.29, 0.717) is 0 Å². The maximum Gasteiger partial charge on any atom is 0.0728 e. The number of hydrogen-bond acceptors (Lipinski definition) is 1. The van der Waals surface area contributed by atoms with Crippen LogP contribution >= 0.6 is 0 Å². The van der Waals surface area contributed by atoms with Gasteiger partial charge in [0.25, 0.3) is 0 Å². The third-order valence-electron chi connectivity index (χ3n) is 10.6. The summed E-state index contributed by atoms with van der Waals surface area (Å²) in [7, 11) is 0. The summed E-state index contributed by atoms with van der Waals surface area (Å²) in [6.45, 7) is 12.2. The fourth-order valence-electron chi connectivity index (χ4n) is 7.85. The van der Waals surface area contributed by atoms with Gasteiger partial charge in [-0.15, -0.1) is 0 Å². The van der Waals surface area contributed by atoms with Gasteiger partial charge in [-0.2, -0.15) is 0 Å². The normalized spacial score (nSPS) is 12.9. The molecule has 8 aromatic carbocycles. The Morgan fingerprint density at radius 2 is 1.13 bits per heavy atom. The van der Waals surface area contributed by atoms with Crippen LogP contribution in [0.5, 0.6) is 0 Å². The topological polar surface area (TPSA) is 12.4 Å². The molecule has 0 aliphatic carbocycles. The van der Waals surface area contributed by atoms with Gasteiger partial charge in [0, 0.05) is 0 Å². The van der Waals surface area contributed by atoms with Gasteiger partial charge in [-0.3, -0.25) is 4.99 Å². The molecule has 264 valence electrons. The van der Waals surface area contributed by atoms with Crippen molar-refractivity contribution in [2.75, 3.05) is 0 Å². The van der Waals surface area contributed by atoms with Crippen LogP contribution in [-0.2, 0) is 0 Å². The van der Waals surface area contributed by atoms with Gasteiger partial charge >= 0.3 is 0 Å². The number of rotatable bonds is 10. The first-order chi connectivity index (χ1) is 27.0. The van der Waals surface area contributed by atoms with E-state index in [1.165, 1.54) is 65.7 Å². The van der Waals surface area contributed by atoms with Gasteiger partial charge in [0.2, 0.25) is 0 Å². The highest BCUT2D eigenvalue weighted by Crippen LogP contribution is 2.46. The number of allylic oxidation sites excluding steroid dienone is 6. The first-order valence-electron chi connectivity index (χ1n) is 18.9. The Kier molecular flexibility index (Phi) is 10.0. The molecule has 8 rings (SSSR count). The minimum absolute atomic E-state index is 0.118. The summed E-state index contributed by atoms with van der Waals surface area (Å²) in [5.41, 5.74) is 12.6. The molecule has 0 heterocycles. The monoisotopic (exact) mass is 705 g/mol. The second-order valence-corrected chi connectivity index (χ2v) is 14.0. The van der Waals surface area contributed by atoms with Crippen molar-refractivity contribution in [3.63, 3.8) is 0 Å². The van der Waals surface area contributed by atoms with E-state index in [2.05, 4.69) is 197 Å². The molecule has 0 saturated heterocycles. The highest BCUT2D eigenvalue weighted by molar-refractivity contribution is 6.22.